The Labute approximate surface area is 137 Å². The summed E-state index contributed by atoms with van der Waals surface area (Å²) >= 11 is 0. The van der Waals surface area contributed by atoms with E-state index in [0.29, 0.717) is 12.5 Å². The maximum absolute atomic E-state index is 12.5. The van der Waals surface area contributed by atoms with E-state index in [1.807, 2.05) is 37.1 Å². The van der Waals surface area contributed by atoms with Gasteiger partial charge in [0.15, 0.2) is 0 Å². The second-order valence-corrected chi connectivity index (χ2v) is 6.29. The van der Waals surface area contributed by atoms with Gasteiger partial charge in [0.1, 0.15) is 11.6 Å². The topological polar surface area (TPSA) is 51.0 Å². The van der Waals surface area contributed by atoms with Gasteiger partial charge in [-0.1, -0.05) is 30.3 Å². The van der Waals surface area contributed by atoms with Crippen LogP contribution in [0.4, 0.5) is 0 Å². The number of nitrogens with zero attached hydrogens (tertiary/aromatic N) is 4. The summed E-state index contributed by atoms with van der Waals surface area (Å²) in [6, 6.07) is 10.5. The van der Waals surface area contributed by atoms with Crippen LogP contribution in [0.1, 0.15) is 36.5 Å². The Kier molecular flexibility index (Phi) is 4.74. The van der Waals surface area contributed by atoms with E-state index in [2.05, 4.69) is 26.9 Å². The molecule has 0 aliphatic carbocycles. The highest BCUT2D eigenvalue weighted by Crippen LogP contribution is 2.19. The lowest BCUT2D eigenvalue weighted by Crippen LogP contribution is -2.37. The highest BCUT2D eigenvalue weighted by molar-refractivity contribution is 5.76. The van der Waals surface area contributed by atoms with Crippen LogP contribution in [0.5, 0.6) is 0 Å². The lowest BCUT2D eigenvalue weighted by molar-refractivity contribution is -0.132. The fourth-order valence-electron chi connectivity index (χ4n) is 3.28. The van der Waals surface area contributed by atoms with Crippen LogP contribution in [0.25, 0.3) is 0 Å². The Morgan fingerprint density at radius 1 is 1.26 bits per heavy atom. The van der Waals surface area contributed by atoms with Crippen LogP contribution in [0, 0.1) is 6.92 Å². The van der Waals surface area contributed by atoms with Crippen molar-refractivity contribution < 1.29 is 4.79 Å². The van der Waals surface area contributed by atoms with Crippen molar-refractivity contribution in [3.05, 3.63) is 47.5 Å². The number of aromatic nitrogens is 3. The molecule has 0 spiro atoms. The molecule has 0 saturated heterocycles. The number of rotatable bonds is 4. The number of carbonyl (C=O) groups excluding carboxylic acids is 1. The number of benzene rings is 1. The third kappa shape index (κ3) is 3.60. The van der Waals surface area contributed by atoms with Gasteiger partial charge < -0.3 is 9.47 Å². The van der Waals surface area contributed by atoms with Gasteiger partial charge in [-0.15, -0.1) is 10.2 Å². The number of aryl methyl sites for hydroxylation is 3. The zero-order valence-corrected chi connectivity index (χ0v) is 13.9. The van der Waals surface area contributed by atoms with Gasteiger partial charge in [0, 0.05) is 32.5 Å². The Balaban J connectivity index is 1.55. The lowest BCUT2D eigenvalue weighted by atomic mass is 10.1. The van der Waals surface area contributed by atoms with Crippen LogP contribution in [0.3, 0.4) is 0 Å². The van der Waals surface area contributed by atoms with Crippen LogP contribution >= 0.6 is 0 Å². The highest BCUT2D eigenvalue weighted by atomic mass is 16.2. The van der Waals surface area contributed by atoms with Crippen molar-refractivity contribution in [1.82, 2.24) is 19.7 Å². The minimum atomic E-state index is 0.230. The van der Waals surface area contributed by atoms with Gasteiger partial charge in [0.25, 0.3) is 0 Å². The van der Waals surface area contributed by atoms with E-state index in [0.717, 1.165) is 43.9 Å². The molecule has 1 aromatic carbocycles. The lowest BCUT2D eigenvalue weighted by Gasteiger charge is -2.27. The molecule has 1 amide bonds. The second-order valence-electron chi connectivity index (χ2n) is 6.29. The summed E-state index contributed by atoms with van der Waals surface area (Å²) in [6.07, 6.45) is 4.20. The molecule has 5 heteroatoms. The fourth-order valence-corrected chi connectivity index (χ4v) is 3.28. The van der Waals surface area contributed by atoms with E-state index >= 15 is 0 Å². The minimum absolute atomic E-state index is 0.230. The first-order valence-corrected chi connectivity index (χ1v) is 8.33. The molecule has 0 bridgehead atoms. The van der Waals surface area contributed by atoms with Crippen molar-refractivity contribution in [2.45, 2.75) is 51.6 Å². The predicted molar refractivity (Wildman–Crippen MR) is 89.0 cm³/mol. The molecule has 1 aliphatic heterocycles. The maximum atomic E-state index is 12.5. The molecule has 1 aliphatic rings. The standard InChI is InChI=1S/C18H24N4O/c1-14-19-20-17-10-9-16(12-13-22(14)17)21(2)18(23)11-8-15-6-4-3-5-7-15/h3-7,16H,8-13H2,1-2H3. The largest absolute Gasteiger partial charge is 0.343 e. The number of amides is 1. The van der Waals surface area contributed by atoms with Gasteiger partial charge in [0.05, 0.1) is 0 Å². The van der Waals surface area contributed by atoms with Gasteiger partial charge in [0.2, 0.25) is 5.91 Å². The Bertz CT molecular complexity index is 665. The molecule has 0 radical (unpaired) electrons. The molecule has 3 rings (SSSR count). The van der Waals surface area contributed by atoms with Gasteiger partial charge in [-0.2, -0.15) is 0 Å². The summed E-state index contributed by atoms with van der Waals surface area (Å²) < 4.78 is 2.18. The molecular formula is C18H24N4O. The van der Waals surface area contributed by atoms with Crippen LogP contribution in [0.2, 0.25) is 0 Å². The van der Waals surface area contributed by atoms with Crippen molar-refractivity contribution in [3.8, 4) is 0 Å². The van der Waals surface area contributed by atoms with Gasteiger partial charge in [-0.25, -0.2) is 0 Å². The first-order chi connectivity index (χ1) is 11.1. The summed E-state index contributed by atoms with van der Waals surface area (Å²) in [4.78, 5) is 14.4. The molecule has 0 saturated carbocycles. The monoisotopic (exact) mass is 312 g/mol. The number of hydrogen-bond donors (Lipinski definition) is 0. The van der Waals surface area contributed by atoms with Gasteiger partial charge >= 0.3 is 0 Å². The Morgan fingerprint density at radius 2 is 2.04 bits per heavy atom. The quantitative estimate of drug-likeness (QED) is 0.871. The molecule has 0 fully saturated rings. The maximum Gasteiger partial charge on any atom is 0.222 e. The molecule has 0 N–H and O–H groups in total. The smallest absolute Gasteiger partial charge is 0.222 e. The average molecular weight is 312 g/mol. The second kappa shape index (κ2) is 6.94. The van der Waals surface area contributed by atoms with E-state index < -0.39 is 0 Å². The van der Waals surface area contributed by atoms with Crippen molar-refractivity contribution in [2.75, 3.05) is 7.05 Å². The Hall–Kier alpha value is -2.17. The average Bonchev–Trinajstić information content (AvgIpc) is 2.81. The molecule has 2 heterocycles. The van der Waals surface area contributed by atoms with E-state index in [4.69, 9.17) is 0 Å². The molecule has 122 valence electrons. The van der Waals surface area contributed by atoms with Crippen LogP contribution in [-0.2, 0) is 24.2 Å². The predicted octanol–water partition coefficient (Wildman–Crippen LogP) is 2.38. The van der Waals surface area contributed by atoms with E-state index in [9.17, 15) is 4.79 Å². The van der Waals surface area contributed by atoms with E-state index in [1.54, 1.807) is 0 Å². The van der Waals surface area contributed by atoms with Crippen molar-refractivity contribution in [3.63, 3.8) is 0 Å². The zero-order chi connectivity index (χ0) is 16.2. The van der Waals surface area contributed by atoms with E-state index in [1.165, 1.54) is 5.56 Å². The molecular weight excluding hydrogens is 288 g/mol. The van der Waals surface area contributed by atoms with Crippen molar-refractivity contribution >= 4 is 5.91 Å². The number of fused-ring (bicyclic) bond motifs is 1. The first-order valence-electron chi connectivity index (χ1n) is 8.33. The summed E-state index contributed by atoms with van der Waals surface area (Å²) in [6.45, 7) is 2.89. The number of carbonyl (C=O) groups is 1. The summed E-state index contributed by atoms with van der Waals surface area (Å²) in [5.41, 5.74) is 1.22. The zero-order valence-electron chi connectivity index (χ0n) is 13.9. The SMILES string of the molecule is Cc1nnc2n1CCC(N(C)C(=O)CCc1ccccc1)CC2. The van der Waals surface area contributed by atoms with Crippen LogP contribution in [-0.4, -0.2) is 38.7 Å². The van der Waals surface area contributed by atoms with Gasteiger partial charge in [-0.3, -0.25) is 4.79 Å². The van der Waals surface area contributed by atoms with Gasteiger partial charge in [-0.05, 0) is 31.7 Å². The summed E-state index contributed by atoms with van der Waals surface area (Å²) in [7, 11) is 1.94. The third-order valence-electron chi connectivity index (χ3n) is 4.81. The number of hydrogen-bond acceptors (Lipinski definition) is 3. The molecule has 1 unspecified atom stereocenters. The molecule has 2 aromatic rings. The first kappa shape index (κ1) is 15.7. The molecule has 1 aromatic heterocycles. The molecule has 1 atom stereocenters. The summed E-state index contributed by atoms with van der Waals surface area (Å²) in [5, 5.41) is 8.38. The minimum Gasteiger partial charge on any atom is -0.343 e. The van der Waals surface area contributed by atoms with Crippen LogP contribution in [0.15, 0.2) is 30.3 Å². The van der Waals surface area contributed by atoms with Crippen LogP contribution < -0.4 is 0 Å². The highest BCUT2D eigenvalue weighted by Gasteiger charge is 2.24. The third-order valence-corrected chi connectivity index (χ3v) is 4.81. The molecule has 5 nitrogen and oxygen atoms in total. The molecule has 23 heavy (non-hydrogen) atoms. The normalized spacial score (nSPS) is 17.4. The van der Waals surface area contributed by atoms with E-state index in [-0.39, 0.29) is 5.91 Å². The van der Waals surface area contributed by atoms with Crippen molar-refractivity contribution in [1.29, 1.82) is 0 Å². The Morgan fingerprint density at radius 3 is 2.83 bits per heavy atom. The van der Waals surface area contributed by atoms with Crippen molar-refractivity contribution in [2.24, 2.45) is 0 Å². The fraction of sp³-hybridized carbons (Fsp3) is 0.500. The summed E-state index contributed by atoms with van der Waals surface area (Å²) in [5.74, 6) is 2.25.